The first-order chi connectivity index (χ1) is 17.4. The summed E-state index contributed by atoms with van der Waals surface area (Å²) in [5, 5.41) is 0. The molecule has 11 heteroatoms. The molecule has 1 fully saturated rings. The average molecular weight is 493 g/mol. The van der Waals surface area contributed by atoms with Gasteiger partial charge in [-0.2, -0.15) is 0 Å². The summed E-state index contributed by atoms with van der Waals surface area (Å²) in [6.07, 6.45) is 5.40. The second kappa shape index (κ2) is 11.0. The number of ketones is 1. The van der Waals surface area contributed by atoms with Gasteiger partial charge in [0.25, 0.3) is 5.56 Å². The van der Waals surface area contributed by atoms with E-state index in [0.717, 1.165) is 23.0 Å². The van der Waals surface area contributed by atoms with Gasteiger partial charge in [0.15, 0.2) is 6.61 Å². The molecule has 0 aliphatic carbocycles. The first-order valence-corrected chi connectivity index (χ1v) is 11.8. The highest BCUT2D eigenvalue weighted by atomic mass is 16.5. The fraction of sp³-hybridized carbons (Fsp3) is 0.360. The van der Waals surface area contributed by atoms with E-state index in [4.69, 9.17) is 10.5 Å². The van der Waals surface area contributed by atoms with Gasteiger partial charge in [-0.15, -0.1) is 0 Å². The zero-order valence-electron chi connectivity index (χ0n) is 20.0. The van der Waals surface area contributed by atoms with Crippen molar-refractivity contribution in [3.63, 3.8) is 0 Å². The minimum atomic E-state index is -0.803. The van der Waals surface area contributed by atoms with Crippen molar-refractivity contribution < 1.29 is 14.3 Å². The Kier molecular flexibility index (Phi) is 7.57. The summed E-state index contributed by atoms with van der Waals surface area (Å²) in [5.74, 6) is -1.22. The van der Waals surface area contributed by atoms with Gasteiger partial charge >= 0.3 is 11.7 Å². The van der Waals surface area contributed by atoms with E-state index in [-0.39, 0.29) is 24.5 Å². The molecule has 0 amide bonds. The molecule has 1 aliphatic rings. The Bertz CT molecular complexity index is 1350. The number of anilines is 2. The fourth-order valence-corrected chi connectivity index (χ4v) is 4.34. The highest BCUT2D eigenvalue weighted by Crippen LogP contribution is 2.22. The number of nitrogens with two attached hydrogens (primary N) is 1. The van der Waals surface area contributed by atoms with Crippen molar-refractivity contribution in [1.82, 2.24) is 19.1 Å². The molecule has 36 heavy (non-hydrogen) atoms. The van der Waals surface area contributed by atoms with Gasteiger partial charge in [0.2, 0.25) is 11.7 Å². The Hall–Kier alpha value is -4.28. The molecule has 2 N–H and O–H groups in total. The quantitative estimate of drug-likeness (QED) is 0.363. The zero-order valence-corrected chi connectivity index (χ0v) is 20.0. The van der Waals surface area contributed by atoms with Crippen LogP contribution < -0.4 is 21.9 Å². The summed E-state index contributed by atoms with van der Waals surface area (Å²) in [4.78, 5) is 62.1. The molecule has 1 aromatic carbocycles. The van der Waals surface area contributed by atoms with Crippen LogP contribution in [0.5, 0.6) is 0 Å². The third-order valence-corrected chi connectivity index (χ3v) is 6.18. The number of ether oxygens (including phenoxy) is 1. The van der Waals surface area contributed by atoms with Crippen molar-refractivity contribution >= 4 is 23.5 Å². The maximum Gasteiger partial charge on any atom is 0.332 e. The normalized spacial score (nSPS) is 15.5. The molecular weight excluding hydrogens is 464 g/mol. The lowest BCUT2D eigenvalue weighted by Gasteiger charge is -2.33. The number of piperidine rings is 1. The number of esters is 1. The number of benzene rings is 1. The van der Waals surface area contributed by atoms with Crippen LogP contribution >= 0.6 is 0 Å². The van der Waals surface area contributed by atoms with Gasteiger partial charge in [-0.05, 0) is 37.8 Å². The molecule has 1 unspecified atom stereocenters. The number of hydrogen-bond acceptors (Lipinski definition) is 9. The molecule has 0 saturated carbocycles. The summed E-state index contributed by atoms with van der Waals surface area (Å²) in [7, 11) is 0. The average Bonchev–Trinajstić information content (AvgIpc) is 2.91. The van der Waals surface area contributed by atoms with Crippen LogP contribution in [0.15, 0.2) is 58.4 Å². The molecule has 2 aromatic heterocycles. The largest absolute Gasteiger partial charge is 0.456 e. The molecule has 0 radical (unpaired) electrons. The molecular formula is C25H28N6O5. The van der Waals surface area contributed by atoms with Crippen LogP contribution in [0, 0.1) is 0 Å². The smallest absolute Gasteiger partial charge is 0.332 e. The van der Waals surface area contributed by atoms with Crippen LogP contribution in [0.3, 0.4) is 0 Å². The Morgan fingerprint density at radius 1 is 1.06 bits per heavy atom. The molecule has 1 saturated heterocycles. The fourth-order valence-electron chi connectivity index (χ4n) is 4.34. The van der Waals surface area contributed by atoms with Gasteiger partial charge in [0, 0.05) is 25.5 Å². The van der Waals surface area contributed by atoms with E-state index in [1.165, 1.54) is 4.57 Å². The molecule has 0 bridgehead atoms. The number of nitrogens with zero attached hydrogens (tertiary/aromatic N) is 5. The number of rotatable bonds is 8. The topological polar surface area (TPSA) is 142 Å². The third-order valence-electron chi connectivity index (χ3n) is 6.18. The van der Waals surface area contributed by atoms with Crippen LogP contribution in [-0.4, -0.2) is 50.0 Å². The number of Topliss-reactive ketones (excluding diaryl/α,β-unsaturated/α-hetero) is 1. The van der Waals surface area contributed by atoms with Crippen LogP contribution in [0.2, 0.25) is 0 Å². The molecule has 1 atom stereocenters. The number of hydrogen-bond donors (Lipinski definition) is 1. The number of carbonyl (C=O) groups is 2. The Morgan fingerprint density at radius 3 is 2.47 bits per heavy atom. The zero-order chi connectivity index (χ0) is 25.7. The summed E-state index contributed by atoms with van der Waals surface area (Å²) < 4.78 is 7.48. The van der Waals surface area contributed by atoms with Crippen LogP contribution in [0.1, 0.15) is 42.1 Å². The first kappa shape index (κ1) is 24.8. The van der Waals surface area contributed by atoms with Gasteiger partial charge in [0.1, 0.15) is 17.4 Å². The highest BCUT2D eigenvalue weighted by Gasteiger charge is 2.32. The minimum Gasteiger partial charge on any atom is -0.456 e. The van der Waals surface area contributed by atoms with E-state index in [0.29, 0.717) is 18.9 Å². The van der Waals surface area contributed by atoms with Crippen molar-refractivity contribution in [2.24, 2.45) is 0 Å². The lowest BCUT2D eigenvalue weighted by molar-refractivity contribution is -0.144. The van der Waals surface area contributed by atoms with Crippen molar-refractivity contribution in [3.05, 3.63) is 80.8 Å². The van der Waals surface area contributed by atoms with E-state index < -0.39 is 35.7 Å². The Balaban J connectivity index is 1.57. The first-order valence-electron chi connectivity index (χ1n) is 11.8. The molecule has 0 spiro atoms. The monoisotopic (exact) mass is 492 g/mol. The van der Waals surface area contributed by atoms with Crippen molar-refractivity contribution in [2.75, 3.05) is 23.8 Å². The second-order valence-electron chi connectivity index (χ2n) is 8.45. The summed E-state index contributed by atoms with van der Waals surface area (Å²) in [5.41, 5.74) is 5.16. The predicted octanol–water partition coefficient (Wildman–Crippen LogP) is 1.24. The van der Waals surface area contributed by atoms with Gasteiger partial charge < -0.3 is 15.4 Å². The van der Waals surface area contributed by atoms with Crippen LogP contribution in [0.25, 0.3) is 0 Å². The lowest BCUT2D eigenvalue weighted by atomic mass is 10.0. The van der Waals surface area contributed by atoms with E-state index in [2.05, 4.69) is 9.97 Å². The molecule has 4 rings (SSSR count). The second-order valence-corrected chi connectivity index (χ2v) is 8.45. The van der Waals surface area contributed by atoms with E-state index in [9.17, 15) is 19.2 Å². The van der Waals surface area contributed by atoms with Crippen LogP contribution in [0.4, 0.5) is 11.8 Å². The van der Waals surface area contributed by atoms with Gasteiger partial charge in [-0.1, -0.05) is 30.3 Å². The standard InChI is InChI=1S/C25H28N6O5/c1-2-29-22(33)20(21(26)31(25(29)35)15-17-9-4-3-5-10-17)19(32)16-36-23(34)18-11-6-7-14-30(18)24-27-12-8-13-28-24/h3-5,8-10,12-13,18H,2,6-7,11,14-16,26H2,1H3. The lowest BCUT2D eigenvalue weighted by Crippen LogP contribution is -2.47. The van der Waals surface area contributed by atoms with Crippen molar-refractivity contribution in [3.8, 4) is 0 Å². The van der Waals surface area contributed by atoms with Crippen molar-refractivity contribution in [2.45, 2.75) is 45.3 Å². The van der Waals surface area contributed by atoms with E-state index >= 15 is 0 Å². The Morgan fingerprint density at radius 2 is 1.78 bits per heavy atom. The summed E-state index contributed by atoms with van der Waals surface area (Å²) in [6.45, 7) is 1.67. The van der Waals surface area contributed by atoms with Gasteiger partial charge in [0.05, 0.1) is 6.54 Å². The number of aromatic nitrogens is 4. The summed E-state index contributed by atoms with van der Waals surface area (Å²) in [6, 6.07) is 10.1. The van der Waals surface area contributed by atoms with Gasteiger partial charge in [-0.3, -0.25) is 18.7 Å². The molecule has 3 heterocycles. The highest BCUT2D eigenvalue weighted by molar-refractivity contribution is 6.01. The molecule has 188 valence electrons. The van der Waals surface area contributed by atoms with E-state index in [1.54, 1.807) is 30.3 Å². The molecule has 11 nitrogen and oxygen atoms in total. The van der Waals surface area contributed by atoms with Gasteiger partial charge in [-0.25, -0.2) is 19.6 Å². The SMILES string of the molecule is CCn1c(=O)c(C(=O)COC(=O)C2CCCCN2c2ncccn2)c(N)n(Cc2ccccc2)c1=O. The maximum atomic E-state index is 13.1. The number of carbonyl (C=O) groups excluding carboxylic acids is 2. The molecule has 1 aliphatic heterocycles. The molecule has 3 aromatic rings. The van der Waals surface area contributed by atoms with Crippen molar-refractivity contribution in [1.29, 1.82) is 0 Å². The summed E-state index contributed by atoms with van der Waals surface area (Å²) >= 11 is 0. The number of nitrogen functional groups attached to an aromatic ring is 1. The third kappa shape index (κ3) is 5.04. The maximum absolute atomic E-state index is 13.1. The predicted molar refractivity (Wildman–Crippen MR) is 133 cm³/mol. The Labute approximate surface area is 207 Å². The minimum absolute atomic E-state index is 0.0565. The van der Waals surface area contributed by atoms with E-state index in [1.807, 2.05) is 30.3 Å². The van der Waals surface area contributed by atoms with Crippen LogP contribution in [-0.2, 0) is 22.6 Å².